The Morgan fingerprint density at radius 3 is 2.40 bits per heavy atom. The molecule has 4 nitrogen and oxygen atoms in total. The van der Waals surface area contributed by atoms with Gasteiger partial charge in [0.2, 0.25) is 0 Å². The van der Waals surface area contributed by atoms with Crippen LogP contribution in [-0.4, -0.2) is 26.3 Å². The quantitative estimate of drug-likeness (QED) is 0.424. The van der Waals surface area contributed by atoms with Gasteiger partial charge in [-0.1, -0.05) is 62.3 Å². The standard InChI is InChI=1S/C21H19ClF3N3OS/c1-20(2,3)17(29)12-30-19-27-26-18(15-9-4-5-10-16(15)22)28(19)14-8-6-7-13(11-14)21(23,24)25/h4-11H,12H2,1-3H3. The van der Waals surface area contributed by atoms with Crippen LogP contribution in [0.25, 0.3) is 17.1 Å². The molecule has 3 rings (SSSR count). The SMILES string of the molecule is CC(C)(C)C(=O)CSc1nnc(-c2ccccc2Cl)n1-c1cccc(C(F)(F)F)c1. The molecule has 0 amide bonds. The fraction of sp³-hybridized carbons (Fsp3) is 0.286. The third-order valence-electron chi connectivity index (χ3n) is 4.35. The van der Waals surface area contributed by atoms with E-state index in [-0.39, 0.29) is 17.2 Å². The van der Waals surface area contributed by atoms with E-state index in [4.69, 9.17) is 11.6 Å². The number of hydrogen-bond donors (Lipinski definition) is 0. The molecule has 0 unspecified atom stereocenters. The van der Waals surface area contributed by atoms with Crippen LogP contribution >= 0.6 is 23.4 Å². The van der Waals surface area contributed by atoms with Crippen molar-refractivity contribution in [1.29, 1.82) is 0 Å². The zero-order chi connectivity index (χ0) is 22.1. The lowest BCUT2D eigenvalue weighted by Gasteiger charge is -2.16. The van der Waals surface area contributed by atoms with Crippen LogP contribution in [0.1, 0.15) is 26.3 Å². The van der Waals surface area contributed by atoms with Crippen molar-refractivity contribution in [3.8, 4) is 17.1 Å². The normalized spacial score (nSPS) is 12.2. The minimum absolute atomic E-state index is 0.00890. The monoisotopic (exact) mass is 453 g/mol. The molecule has 0 aliphatic rings. The van der Waals surface area contributed by atoms with E-state index in [9.17, 15) is 18.0 Å². The summed E-state index contributed by atoms with van der Waals surface area (Å²) in [6.07, 6.45) is -4.50. The van der Waals surface area contributed by atoms with Crippen molar-refractivity contribution in [3.05, 3.63) is 59.1 Å². The number of carbonyl (C=O) groups is 1. The molecule has 0 aliphatic heterocycles. The Kier molecular flexibility index (Phi) is 6.29. The first kappa shape index (κ1) is 22.4. The maximum atomic E-state index is 13.3. The lowest BCUT2D eigenvalue weighted by Crippen LogP contribution is -2.22. The van der Waals surface area contributed by atoms with Crippen LogP contribution in [0.5, 0.6) is 0 Å². The van der Waals surface area contributed by atoms with Gasteiger partial charge in [0.05, 0.1) is 22.0 Å². The summed E-state index contributed by atoms with van der Waals surface area (Å²) in [5.41, 5.74) is -0.575. The van der Waals surface area contributed by atoms with Gasteiger partial charge in [-0.3, -0.25) is 9.36 Å². The first-order valence-electron chi connectivity index (χ1n) is 9.02. The molecule has 1 heterocycles. The third kappa shape index (κ3) is 4.87. The first-order valence-corrected chi connectivity index (χ1v) is 10.4. The van der Waals surface area contributed by atoms with E-state index in [0.29, 0.717) is 21.6 Å². The highest BCUT2D eigenvalue weighted by Crippen LogP contribution is 2.35. The topological polar surface area (TPSA) is 47.8 Å². The molecule has 3 aromatic rings. The predicted molar refractivity (Wildman–Crippen MR) is 112 cm³/mol. The van der Waals surface area contributed by atoms with E-state index in [1.807, 2.05) is 20.8 Å². The molecule has 1 aromatic heterocycles. The van der Waals surface area contributed by atoms with Crippen molar-refractivity contribution in [2.75, 3.05) is 5.75 Å². The molecular weight excluding hydrogens is 435 g/mol. The number of hydrogen-bond acceptors (Lipinski definition) is 4. The van der Waals surface area contributed by atoms with Crippen molar-refractivity contribution in [3.63, 3.8) is 0 Å². The predicted octanol–water partition coefficient (Wildman–Crippen LogP) is 6.31. The largest absolute Gasteiger partial charge is 0.416 e. The number of Topliss-reactive ketones (excluding diaryl/α,β-unsaturated/α-hetero) is 1. The third-order valence-corrected chi connectivity index (χ3v) is 5.61. The summed E-state index contributed by atoms with van der Waals surface area (Å²) in [6.45, 7) is 5.42. The Morgan fingerprint density at radius 1 is 1.07 bits per heavy atom. The molecule has 9 heteroatoms. The molecule has 0 N–H and O–H groups in total. The van der Waals surface area contributed by atoms with Crippen molar-refractivity contribution in [2.24, 2.45) is 5.41 Å². The average Bonchev–Trinajstić information content (AvgIpc) is 3.08. The summed E-state index contributed by atoms with van der Waals surface area (Å²) in [5, 5.41) is 9.01. The number of benzene rings is 2. The fourth-order valence-electron chi connectivity index (χ4n) is 2.58. The van der Waals surface area contributed by atoms with Gasteiger partial charge in [-0.2, -0.15) is 13.2 Å². The lowest BCUT2D eigenvalue weighted by molar-refractivity contribution is -0.137. The van der Waals surface area contributed by atoms with Gasteiger partial charge in [0.1, 0.15) is 5.78 Å². The highest BCUT2D eigenvalue weighted by atomic mass is 35.5. The number of ketones is 1. The zero-order valence-corrected chi connectivity index (χ0v) is 18.1. The van der Waals surface area contributed by atoms with Crippen molar-refractivity contribution in [1.82, 2.24) is 14.8 Å². The molecule has 2 aromatic carbocycles. The molecule has 0 spiro atoms. The van der Waals surface area contributed by atoms with Crippen LogP contribution in [0.2, 0.25) is 5.02 Å². The molecule has 158 valence electrons. The molecule has 30 heavy (non-hydrogen) atoms. The highest BCUT2D eigenvalue weighted by Gasteiger charge is 2.31. The number of aromatic nitrogens is 3. The van der Waals surface area contributed by atoms with E-state index in [1.54, 1.807) is 24.3 Å². The lowest BCUT2D eigenvalue weighted by atomic mass is 9.92. The number of alkyl halides is 3. The maximum Gasteiger partial charge on any atom is 0.416 e. The number of halogens is 4. The number of carbonyl (C=O) groups excluding carboxylic acids is 1. The second-order valence-electron chi connectivity index (χ2n) is 7.63. The van der Waals surface area contributed by atoms with Crippen LogP contribution < -0.4 is 0 Å². The fourth-order valence-corrected chi connectivity index (χ4v) is 3.91. The first-order chi connectivity index (χ1) is 14.0. The molecule has 0 saturated carbocycles. The number of rotatable bonds is 5. The Bertz CT molecular complexity index is 1070. The second-order valence-corrected chi connectivity index (χ2v) is 8.98. The Hall–Kier alpha value is -2.32. The molecule has 0 saturated heterocycles. The van der Waals surface area contributed by atoms with E-state index < -0.39 is 17.2 Å². The van der Waals surface area contributed by atoms with Crippen molar-refractivity contribution < 1.29 is 18.0 Å². The van der Waals surface area contributed by atoms with Crippen LogP contribution in [0.4, 0.5) is 13.2 Å². The van der Waals surface area contributed by atoms with E-state index in [1.165, 1.54) is 16.7 Å². The summed E-state index contributed by atoms with van der Waals surface area (Å²) in [7, 11) is 0. The second kappa shape index (κ2) is 8.43. The smallest absolute Gasteiger partial charge is 0.298 e. The van der Waals surface area contributed by atoms with Gasteiger partial charge in [0.25, 0.3) is 0 Å². The van der Waals surface area contributed by atoms with Crippen LogP contribution in [-0.2, 0) is 11.0 Å². The maximum absolute atomic E-state index is 13.3. The molecule has 0 aliphatic carbocycles. The van der Waals surface area contributed by atoms with Gasteiger partial charge in [-0.05, 0) is 30.3 Å². The Balaban J connectivity index is 2.12. The minimum atomic E-state index is -4.50. The summed E-state index contributed by atoms with van der Waals surface area (Å²) in [6, 6.07) is 11.8. The summed E-state index contributed by atoms with van der Waals surface area (Å²) in [5.74, 6) is 0.402. The number of nitrogens with zero attached hydrogens (tertiary/aromatic N) is 3. The highest BCUT2D eigenvalue weighted by molar-refractivity contribution is 7.99. The van der Waals surface area contributed by atoms with Crippen molar-refractivity contribution >= 4 is 29.1 Å². The molecule has 0 bridgehead atoms. The number of thioether (sulfide) groups is 1. The molecular formula is C21H19ClF3N3OS. The van der Waals surface area contributed by atoms with Crippen LogP contribution in [0, 0.1) is 5.41 Å². The van der Waals surface area contributed by atoms with Gasteiger partial charge in [-0.25, -0.2) is 0 Å². The molecule has 0 radical (unpaired) electrons. The molecule has 0 atom stereocenters. The summed E-state index contributed by atoms with van der Waals surface area (Å²) in [4.78, 5) is 12.4. The zero-order valence-electron chi connectivity index (χ0n) is 16.5. The summed E-state index contributed by atoms with van der Waals surface area (Å²) < 4.78 is 41.3. The van der Waals surface area contributed by atoms with Gasteiger partial charge in [0.15, 0.2) is 11.0 Å². The van der Waals surface area contributed by atoms with Gasteiger partial charge in [0, 0.05) is 11.0 Å². The summed E-state index contributed by atoms with van der Waals surface area (Å²) >= 11 is 7.42. The Labute approximate surface area is 181 Å². The minimum Gasteiger partial charge on any atom is -0.298 e. The van der Waals surface area contributed by atoms with Crippen LogP contribution in [0.3, 0.4) is 0 Å². The van der Waals surface area contributed by atoms with Gasteiger partial charge < -0.3 is 0 Å². The van der Waals surface area contributed by atoms with E-state index in [0.717, 1.165) is 23.9 Å². The van der Waals surface area contributed by atoms with E-state index in [2.05, 4.69) is 10.2 Å². The van der Waals surface area contributed by atoms with Crippen LogP contribution in [0.15, 0.2) is 53.7 Å². The van der Waals surface area contributed by atoms with E-state index >= 15 is 0 Å². The van der Waals surface area contributed by atoms with Gasteiger partial charge >= 0.3 is 6.18 Å². The molecule has 0 fully saturated rings. The Morgan fingerprint density at radius 2 is 1.77 bits per heavy atom. The van der Waals surface area contributed by atoms with Crippen molar-refractivity contribution in [2.45, 2.75) is 32.1 Å². The average molecular weight is 454 g/mol. The van der Waals surface area contributed by atoms with Gasteiger partial charge in [-0.15, -0.1) is 10.2 Å².